The van der Waals surface area contributed by atoms with Gasteiger partial charge >= 0.3 is 0 Å². The molecule has 0 aliphatic carbocycles. The van der Waals surface area contributed by atoms with Crippen LogP contribution in [-0.2, 0) is 9.59 Å². The minimum Gasteiger partial charge on any atom is -0.550 e. The van der Waals surface area contributed by atoms with Gasteiger partial charge in [-0.2, -0.15) is 10.1 Å². The predicted octanol–water partition coefficient (Wildman–Crippen LogP) is -2.72. The van der Waals surface area contributed by atoms with Crippen LogP contribution in [0.5, 0.6) is 0 Å². The molecule has 0 spiro atoms. The number of aliphatic carboxylic acids is 2. The Morgan fingerprint density at radius 1 is 0.826 bits per heavy atom. The van der Waals surface area contributed by atoms with Crippen LogP contribution in [0.1, 0.15) is 60.8 Å². The van der Waals surface area contributed by atoms with Crippen molar-refractivity contribution in [3.8, 4) is 0 Å². The molecule has 0 radical (unpaired) electrons. The Hall–Kier alpha value is -1.22. The van der Waals surface area contributed by atoms with E-state index in [4.69, 9.17) is 20.3 Å². The topological polar surface area (TPSA) is 130 Å². The Bertz CT molecular complexity index is 236. The van der Waals surface area contributed by atoms with E-state index in [0.717, 1.165) is 45.9 Å². The van der Waals surface area contributed by atoms with Crippen molar-refractivity contribution in [2.24, 2.45) is 0 Å². The zero-order valence-corrected chi connectivity index (χ0v) is 15.5. The minimum absolute atomic E-state index is 0.111. The fourth-order valence-corrected chi connectivity index (χ4v) is 0.931. The molecule has 0 rings (SSSR count). The standard InChI is InChI=1S/2C5H13NO.C3H6O2.C2H4O2/c2*1-3-5-6(7)4-2;1-2-3(4)5;1-2(3)4/h2*7H,3-5H2,1-2H3;2H2,1H3,(H,4,5);1H3,(H,3,4). The van der Waals surface area contributed by atoms with Crippen LogP contribution >= 0.6 is 0 Å². The molecule has 2 unspecified atom stereocenters. The monoisotopic (exact) mass is 340 g/mol. The highest BCUT2D eigenvalue weighted by atomic mass is 16.5. The van der Waals surface area contributed by atoms with E-state index in [-0.39, 0.29) is 6.42 Å². The Morgan fingerprint density at radius 3 is 1.09 bits per heavy atom. The number of hydrogen-bond donors (Lipinski definition) is 4. The molecular formula is C15H36N2O6. The zero-order chi connectivity index (χ0) is 19.3. The van der Waals surface area contributed by atoms with Gasteiger partial charge in [0, 0.05) is 11.9 Å². The second-order valence-electron chi connectivity index (χ2n) is 4.56. The number of carboxylic acids is 2. The van der Waals surface area contributed by atoms with E-state index in [9.17, 15) is 9.90 Å². The van der Waals surface area contributed by atoms with Crippen molar-refractivity contribution in [2.75, 3.05) is 26.2 Å². The number of rotatable bonds is 7. The molecule has 8 heteroatoms. The minimum atomic E-state index is -1.08. The summed E-state index contributed by atoms with van der Waals surface area (Å²) in [7, 11) is 0. The highest BCUT2D eigenvalue weighted by Crippen LogP contribution is 1.62. The molecule has 0 aliphatic rings. The van der Waals surface area contributed by atoms with Gasteiger partial charge in [-0.1, -0.05) is 20.8 Å². The fourth-order valence-electron chi connectivity index (χ4n) is 0.931. The summed E-state index contributed by atoms with van der Waals surface area (Å²) in [5, 5.41) is 36.9. The molecule has 23 heavy (non-hydrogen) atoms. The van der Waals surface area contributed by atoms with Crippen molar-refractivity contribution < 1.29 is 40.3 Å². The van der Waals surface area contributed by atoms with E-state index < -0.39 is 11.9 Å². The van der Waals surface area contributed by atoms with Crippen LogP contribution in [0.15, 0.2) is 0 Å². The number of quaternary nitrogens is 2. The van der Waals surface area contributed by atoms with Crippen molar-refractivity contribution in [2.45, 2.75) is 60.8 Å². The van der Waals surface area contributed by atoms with Crippen molar-refractivity contribution in [1.29, 1.82) is 0 Å². The van der Waals surface area contributed by atoms with Crippen molar-refractivity contribution in [1.82, 2.24) is 0 Å². The highest BCUT2D eigenvalue weighted by molar-refractivity contribution is 5.63. The van der Waals surface area contributed by atoms with Gasteiger partial charge in [0.15, 0.2) is 0 Å². The zero-order valence-electron chi connectivity index (χ0n) is 15.5. The van der Waals surface area contributed by atoms with Gasteiger partial charge in [0.25, 0.3) is 0 Å². The summed E-state index contributed by atoms with van der Waals surface area (Å²) < 4.78 is 0. The SMILES string of the molecule is CC(=O)[O-].CCC(=O)[O-].CCC[NH+](O)CC.CCC[NH+](O)CC. The van der Waals surface area contributed by atoms with Crippen molar-refractivity contribution in [3.05, 3.63) is 0 Å². The van der Waals surface area contributed by atoms with E-state index in [1.54, 1.807) is 0 Å². The molecule has 0 saturated carbocycles. The van der Waals surface area contributed by atoms with Gasteiger partial charge in [-0.15, -0.1) is 0 Å². The van der Waals surface area contributed by atoms with E-state index in [1.807, 2.05) is 13.8 Å². The second kappa shape index (κ2) is 25.7. The summed E-state index contributed by atoms with van der Waals surface area (Å²) in [5.41, 5.74) is 0. The molecule has 8 nitrogen and oxygen atoms in total. The number of hydrogen-bond acceptors (Lipinski definition) is 6. The van der Waals surface area contributed by atoms with Crippen LogP contribution < -0.4 is 20.3 Å². The third kappa shape index (κ3) is 63.1. The van der Waals surface area contributed by atoms with Crippen LogP contribution in [0.25, 0.3) is 0 Å². The molecule has 2 atom stereocenters. The Labute approximate surface area is 140 Å². The lowest BCUT2D eigenvalue weighted by atomic mass is 10.5. The molecule has 0 bridgehead atoms. The van der Waals surface area contributed by atoms with Gasteiger partial charge < -0.3 is 19.8 Å². The van der Waals surface area contributed by atoms with E-state index in [2.05, 4.69) is 13.8 Å². The van der Waals surface area contributed by atoms with Crippen LogP contribution in [0.3, 0.4) is 0 Å². The molecule has 0 saturated heterocycles. The lowest BCUT2D eigenvalue weighted by Crippen LogP contribution is -3.09. The van der Waals surface area contributed by atoms with Crippen molar-refractivity contribution in [3.63, 3.8) is 0 Å². The highest BCUT2D eigenvalue weighted by Gasteiger charge is 1.94. The number of hydroxylamine groups is 4. The first-order chi connectivity index (χ1) is 10.6. The predicted molar refractivity (Wildman–Crippen MR) is 82.9 cm³/mol. The maximum absolute atomic E-state index is 9.26. The normalized spacial score (nSPS) is 11.3. The van der Waals surface area contributed by atoms with Crippen LogP contribution in [0.4, 0.5) is 0 Å². The number of nitrogens with one attached hydrogen (secondary N) is 2. The van der Waals surface area contributed by atoms with Gasteiger partial charge in [-0.05, 0) is 40.0 Å². The second-order valence-corrected chi connectivity index (χ2v) is 4.56. The Kier molecular flexibility index (Phi) is 33.3. The van der Waals surface area contributed by atoms with Gasteiger partial charge in [0.1, 0.15) is 26.2 Å². The van der Waals surface area contributed by atoms with Gasteiger partial charge in [-0.25, -0.2) is 10.4 Å². The lowest BCUT2D eigenvalue weighted by Gasteiger charge is -2.03. The Morgan fingerprint density at radius 2 is 1.04 bits per heavy atom. The lowest BCUT2D eigenvalue weighted by molar-refractivity contribution is -1.09. The van der Waals surface area contributed by atoms with Gasteiger partial charge in [0.05, 0.1) is 0 Å². The smallest absolute Gasteiger partial charge is 0.107 e. The molecule has 0 aliphatic heterocycles. The fraction of sp³-hybridized carbons (Fsp3) is 0.867. The third-order valence-corrected chi connectivity index (χ3v) is 2.18. The van der Waals surface area contributed by atoms with Gasteiger partial charge in [0.2, 0.25) is 0 Å². The summed E-state index contributed by atoms with van der Waals surface area (Å²) in [6.45, 7) is 13.9. The molecule has 0 aromatic heterocycles. The van der Waals surface area contributed by atoms with Crippen LogP contribution in [-0.4, -0.2) is 48.5 Å². The third-order valence-electron chi connectivity index (χ3n) is 2.18. The molecule has 0 aromatic rings. The molecular weight excluding hydrogens is 304 g/mol. The first-order valence-electron chi connectivity index (χ1n) is 8.07. The number of carboxylic acid groups (broad SMARTS) is 2. The van der Waals surface area contributed by atoms with E-state index >= 15 is 0 Å². The molecule has 4 N–H and O–H groups in total. The molecule has 142 valence electrons. The molecule has 0 heterocycles. The maximum Gasteiger partial charge on any atom is 0.107 e. The molecule has 0 amide bonds. The van der Waals surface area contributed by atoms with E-state index in [0.29, 0.717) is 10.1 Å². The molecule has 0 aromatic carbocycles. The summed E-state index contributed by atoms with van der Waals surface area (Å²) >= 11 is 0. The maximum atomic E-state index is 9.26. The van der Waals surface area contributed by atoms with E-state index in [1.165, 1.54) is 6.92 Å². The number of carbonyl (C=O) groups excluding carboxylic acids is 2. The Balaban J connectivity index is -0.000000107. The largest absolute Gasteiger partial charge is 0.550 e. The summed E-state index contributed by atoms with van der Waals surface area (Å²) in [4.78, 5) is 18.1. The molecule has 0 fully saturated rings. The number of carbonyl (C=O) groups is 2. The average molecular weight is 340 g/mol. The van der Waals surface area contributed by atoms with Crippen molar-refractivity contribution >= 4 is 11.9 Å². The van der Waals surface area contributed by atoms with Crippen LogP contribution in [0.2, 0.25) is 0 Å². The van der Waals surface area contributed by atoms with Gasteiger partial charge in [-0.3, -0.25) is 0 Å². The summed E-state index contributed by atoms with van der Waals surface area (Å²) in [6, 6.07) is 0. The quantitative estimate of drug-likeness (QED) is 0.373. The summed E-state index contributed by atoms with van der Waals surface area (Å²) in [6.07, 6.45) is 2.22. The average Bonchev–Trinajstić information content (AvgIpc) is 2.48. The van der Waals surface area contributed by atoms with Crippen LogP contribution in [0, 0.1) is 0 Å². The first kappa shape index (κ1) is 29.7. The summed E-state index contributed by atoms with van der Waals surface area (Å²) in [5.74, 6) is -2.08. The first-order valence-corrected chi connectivity index (χ1v) is 8.07.